The van der Waals surface area contributed by atoms with Gasteiger partial charge in [-0.25, -0.2) is 8.42 Å². The van der Waals surface area contributed by atoms with Crippen LogP contribution in [0.4, 0.5) is 0 Å². The molecule has 0 aliphatic carbocycles. The molecule has 1 amide bonds. The molecule has 0 radical (unpaired) electrons. The number of likely N-dealkylation sites (N-methyl/N-ethyl adjacent to an activating group) is 1. The van der Waals surface area contributed by atoms with E-state index in [4.69, 9.17) is 5.11 Å². The van der Waals surface area contributed by atoms with Crippen molar-refractivity contribution in [1.82, 2.24) is 4.90 Å². The molecule has 0 fully saturated rings. The highest BCUT2D eigenvalue weighted by Crippen LogP contribution is 2.17. The lowest BCUT2D eigenvalue weighted by molar-refractivity contribution is -0.133. The van der Waals surface area contributed by atoms with Crippen molar-refractivity contribution in [3.8, 4) is 0 Å². The van der Waals surface area contributed by atoms with E-state index >= 15 is 0 Å². The molecule has 0 aromatic rings. The lowest BCUT2D eigenvalue weighted by Gasteiger charge is -2.28. The van der Waals surface area contributed by atoms with Crippen LogP contribution >= 0.6 is 0 Å². The summed E-state index contributed by atoms with van der Waals surface area (Å²) in [5, 5.41) is 9.10. The van der Waals surface area contributed by atoms with Gasteiger partial charge in [-0.15, -0.1) is 0 Å². The van der Waals surface area contributed by atoms with Gasteiger partial charge in [0.15, 0.2) is 9.84 Å². The van der Waals surface area contributed by atoms with Crippen LogP contribution in [0.15, 0.2) is 0 Å². The van der Waals surface area contributed by atoms with E-state index in [0.717, 1.165) is 6.26 Å². The molecule has 1 unspecified atom stereocenters. The maximum atomic E-state index is 11.8. The zero-order chi connectivity index (χ0) is 12.4. The Labute approximate surface area is 91.0 Å². The highest BCUT2D eigenvalue weighted by atomic mass is 32.2. The lowest BCUT2D eigenvalue weighted by Crippen LogP contribution is -2.49. The van der Waals surface area contributed by atoms with E-state index in [-0.39, 0.29) is 6.54 Å². The molecule has 15 heavy (non-hydrogen) atoms. The number of amides is 1. The first-order chi connectivity index (χ1) is 6.50. The Morgan fingerprint density at radius 2 is 1.87 bits per heavy atom. The molecule has 5 nitrogen and oxygen atoms in total. The minimum Gasteiger partial charge on any atom is -0.392 e. The number of hydrogen-bond acceptors (Lipinski definition) is 4. The summed E-state index contributed by atoms with van der Waals surface area (Å²) in [6.45, 7) is 4.39. The van der Waals surface area contributed by atoms with Crippen molar-refractivity contribution in [3.63, 3.8) is 0 Å². The molecule has 0 saturated heterocycles. The number of nitrogens with zero attached hydrogens (tertiary/aromatic N) is 1. The van der Waals surface area contributed by atoms with Crippen LogP contribution in [0.2, 0.25) is 0 Å². The highest BCUT2D eigenvalue weighted by molar-refractivity contribution is 7.92. The summed E-state index contributed by atoms with van der Waals surface area (Å²) in [7, 11) is -1.98. The standard InChI is InChI=1S/C9H19NO4S/c1-7(11)6-10(4)8(12)9(2,3)15(5,13)14/h7,11H,6H2,1-5H3. The average Bonchev–Trinajstić information content (AvgIpc) is 1.99. The summed E-state index contributed by atoms with van der Waals surface area (Å²) in [4.78, 5) is 13.0. The Morgan fingerprint density at radius 3 is 2.13 bits per heavy atom. The third-order valence-corrected chi connectivity index (χ3v) is 4.36. The van der Waals surface area contributed by atoms with E-state index in [1.165, 1.54) is 32.7 Å². The van der Waals surface area contributed by atoms with Gasteiger partial charge in [-0.05, 0) is 20.8 Å². The number of aliphatic hydroxyl groups is 1. The molecule has 0 heterocycles. The molecule has 1 atom stereocenters. The van der Waals surface area contributed by atoms with Gasteiger partial charge in [-0.2, -0.15) is 0 Å². The predicted molar refractivity (Wildman–Crippen MR) is 58.2 cm³/mol. The number of aliphatic hydroxyl groups excluding tert-OH is 1. The van der Waals surface area contributed by atoms with Gasteiger partial charge < -0.3 is 10.0 Å². The van der Waals surface area contributed by atoms with Crippen molar-refractivity contribution in [2.24, 2.45) is 0 Å². The van der Waals surface area contributed by atoms with E-state index < -0.39 is 26.6 Å². The van der Waals surface area contributed by atoms with Gasteiger partial charge in [0, 0.05) is 19.8 Å². The molecule has 0 spiro atoms. The third-order valence-electron chi connectivity index (χ3n) is 2.33. The van der Waals surface area contributed by atoms with Gasteiger partial charge in [-0.3, -0.25) is 4.79 Å². The van der Waals surface area contributed by atoms with E-state index in [2.05, 4.69) is 0 Å². The minimum absolute atomic E-state index is 0.123. The summed E-state index contributed by atoms with van der Waals surface area (Å²) in [6.07, 6.45) is 0.357. The number of carbonyl (C=O) groups is 1. The second-order valence-electron chi connectivity index (χ2n) is 4.32. The van der Waals surface area contributed by atoms with Crippen LogP contribution in [0.5, 0.6) is 0 Å². The first kappa shape index (κ1) is 14.4. The zero-order valence-electron chi connectivity index (χ0n) is 9.81. The van der Waals surface area contributed by atoms with Crippen LogP contribution in [0.3, 0.4) is 0 Å². The van der Waals surface area contributed by atoms with Gasteiger partial charge in [0.2, 0.25) is 5.91 Å². The Hall–Kier alpha value is -0.620. The van der Waals surface area contributed by atoms with Crippen molar-refractivity contribution >= 4 is 15.7 Å². The maximum Gasteiger partial charge on any atom is 0.243 e. The number of carbonyl (C=O) groups excluding carboxylic acids is 1. The van der Waals surface area contributed by atoms with E-state index in [1.54, 1.807) is 0 Å². The van der Waals surface area contributed by atoms with Gasteiger partial charge >= 0.3 is 0 Å². The van der Waals surface area contributed by atoms with Crippen molar-refractivity contribution in [2.45, 2.75) is 31.6 Å². The normalized spacial score (nSPS) is 14.8. The summed E-state index contributed by atoms with van der Waals surface area (Å²) >= 11 is 0. The van der Waals surface area contributed by atoms with Crippen molar-refractivity contribution in [2.75, 3.05) is 19.8 Å². The van der Waals surface area contributed by atoms with Crippen LogP contribution < -0.4 is 0 Å². The Balaban J connectivity index is 4.87. The second-order valence-corrected chi connectivity index (χ2v) is 6.88. The van der Waals surface area contributed by atoms with Crippen molar-refractivity contribution in [3.05, 3.63) is 0 Å². The van der Waals surface area contributed by atoms with Crippen LogP contribution in [-0.4, -0.2) is 55.0 Å². The molecular weight excluding hydrogens is 218 g/mol. The van der Waals surface area contributed by atoms with Crippen LogP contribution in [-0.2, 0) is 14.6 Å². The molecular formula is C9H19NO4S. The van der Waals surface area contributed by atoms with Crippen molar-refractivity contribution < 1.29 is 18.3 Å². The summed E-state index contributed by atoms with van der Waals surface area (Å²) in [5.74, 6) is -0.508. The zero-order valence-corrected chi connectivity index (χ0v) is 10.6. The molecule has 1 N–H and O–H groups in total. The third kappa shape index (κ3) is 3.46. The summed E-state index contributed by atoms with van der Waals surface area (Å²) in [6, 6.07) is 0. The fourth-order valence-corrected chi connectivity index (χ4v) is 1.57. The van der Waals surface area contributed by atoms with E-state index in [0.29, 0.717) is 0 Å². The molecule has 0 aliphatic heterocycles. The Bertz CT molecular complexity index is 332. The van der Waals surface area contributed by atoms with Gasteiger partial charge in [0.05, 0.1) is 6.10 Å². The SMILES string of the molecule is CC(O)CN(C)C(=O)C(C)(C)S(C)(=O)=O. The van der Waals surface area contributed by atoms with Gasteiger partial charge in [0.1, 0.15) is 4.75 Å². The Kier molecular flexibility index (Phi) is 4.30. The molecule has 0 aromatic carbocycles. The molecule has 0 aromatic heterocycles. The molecule has 6 heteroatoms. The molecule has 0 aliphatic rings. The van der Waals surface area contributed by atoms with Crippen LogP contribution in [0.25, 0.3) is 0 Å². The van der Waals surface area contributed by atoms with E-state index in [9.17, 15) is 13.2 Å². The minimum atomic E-state index is -3.46. The Morgan fingerprint density at radius 1 is 1.47 bits per heavy atom. The fraction of sp³-hybridized carbons (Fsp3) is 0.889. The monoisotopic (exact) mass is 237 g/mol. The second kappa shape index (κ2) is 4.49. The first-order valence-corrected chi connectivity index (χ1v) is 6.52. The van der Waals surface area contributed by atoms with Crippen LogP contribution in [0, 0.1) is 0 Å². The smallest absolute Gasteiger partial charge is 0.243 e. The largest absolute Gasteiger partial charge is 0.392 e. The van der Waals surface area contributed by atoms with Crippen molar-refractivity contribution in [1.29, 1.82) is 0 Å². The number of hydrogen-bond donors (Lipinski definition) is 1. The first-order valence-electron chi connectivity index (χ1n) is 4.63. The average molecular weight is 237 g/mol. The molecule has 90 valence electrons. The predicted octanol–water partition coefficient (Wildman–Crippen LogP) is -0.351. The summed E-state index contributed by atoms with van der Waals surface area (Å²) < 4.78 is 21.3. The molecule has 0 bridgehead atoms. The highest BCUT2D eigenvalue weighted by Gasteiger charge is 2.40. The fourth-order valence-electron chi connectivity index (χ4n) is 1.10. The van der Waals surface area contributed by atoms with Gasteiger partial charge in [-0.1, -0.05) is 0 Å². The lowest BCUT2D eigenvalue weighted by atomic mass is 10.1. The number of sulfone groups is 1. The quantitative estimate of drug-likeness (QED) is 0.725. The molecule has 0 saturated carbocycles. The topological polar surface area (TPSA) is 74.7 Å². The van der Waals surface area contributed by atoms with Crippen LogP contribution in [0.1, 0.15) is 20.8 Å². The molecule has 0 rings (SSSR count). The van der Waals surface area contributed by atoms with E-state index in [1.807, 2.05) is 0 Å². The maximum absolute atomic E-state index is 11.8. The summed E-state index contributed by atoms with van der Waals surface area (Å²) in [5.41, 5.74) is 0. The van der Waals surface area contributed by atoms with Gasteiger partial charge in [0.25, 0.3) is 0 Å². The number of rotatable bonds is 4.